The summed E-state index contributed by atoms with van der Waals surface area (Å²) in [6, 6.07) is 9.06. The van der Waals surface area contributed by atoms with Gasteiger partial charge in [-0.15, -0.1) is 4.91 Å². The van der Waals surface area contributed by atoms with Crippen LogP contribution in [0, 0.1) is 4.91 Å². The summed E-state index contributed by atoms with van der Waals surface area (Å²) in [4.78, 5) is 9.61. The lowest BCUT2D eigenvalue weighted by Crippen LogP contribution is -1.89. The van der Waals surface area contributed by atoms with E-state index in [2.05, 4.69) is 10.7 Å². The maximum absolute atomic E-state index is 9.61. The standard InChI is InChI=1S/C6H6N2O.H2O4S/c9-8-7-6-4-2-1-3-5-6;1-5(2,3)4/h1-5H,(H,7,9);(H2,1,2,3,4). The van der Waals surface area contributed by atoms with Gasteiger partial charge in [-0.05, 0) is 12.1 Å². The Balaban J connectivity index is 0.000000292. The molecule has 1 aromatic carbocycles. The Morgan fingerprint density at radius 3 is 1.93 bits per heavy atom. The van der Waals surface area contributed by atoms with E-state index in [1.807, 2.05) is 18.2 Å². The van der Waals surface area contributed by atoms with Gasteiger partial charge in [0.25, 0.3) is 0 Å². The van der Waals surface area contributed by atoms with Crippen LogP contribution in [0.25, 0.3) is 0 Å². The minimum atomic E-state index is -4.67. The van der Waals surface area contributed by atoms with Gasteiger partial charge < -0.3 is 0 Å². The fourth-order valence-corrected chi connectivity index (χ4v) is 0.565. The fraction of sp³-hybridized carbons (Fsp3) is 0. The Bertz CT molecular complexity index is 355. The molecule has 0 aliphatic heterocycles. The van der Waals surface area contributed by atoms with Crippen LogP contribution in [0.4, 0.5) is 5.69 Å². The summed E-state index contributed by atoms with van der Waals surface area (Å²) >= 11 is 0. The Morgan fingerprint density at radius 2 is 1.57 bits per heavy atom. The van der Waals surface area contributed by atoms with Crippen LogP contribution in [-0.2, 0) is 10.4 Å². The number of benzene rings is 1. The van der Waals surface area contributed by atoms with Crippen LogP contribution in [0.2, 0.25) is 0 Å². The van der Waals surface area contributed by atoms with Gasteiger partial charge in [0.1, 0.15) is 0 Å². The molecule has 0 saturated carbocycles. The molecular formula is C6H8N2O5S. The van der Waals surface area contributed by atoms with Crippen molar-refractivity contribution in [3.05, 3.63) is 35.2 Å². The highest BCUT2D eigenvalue weighted by atomic mass is 32.3. The molecule has 8 heteroatoms. The summed E-state index contributed by atoms with van der Waals surface area (Å²) in [6.45, 7) is 0. The summed E-state index contributed by atoms with van der Waals surface area (Å²) < 4.78 is 31.6. The molecule has 0 atom stereocenters. The van der Waals surface area contributed by atoms with E-state index < -0.39 is 10.4 Å². The highest BCUT2D eigenvalue weighted by Crippen LogP contribution is 2.03. The normalized spacial score (nSPS) is 9.57. The van der Waals surface area contributed by atoms with Crippen LogP contribution in [0.5, 0.6) is 0 Å². The molecule has 1 aromatic rings. The third kappa shape index (κ3) is 10.5. The van der Waals surface area contributed by atoms with E-state index in [1.54, 1.807) is 12.1 Å². The number of rotatable bonds is 2. The van der Waals surface area contributed by atoms with Crippen LogP contribution in [-0.4, -0.2) is 17.5 Å². The van der Waals surface area contributed by atoms with Crippen molar-refractivity contribution in [2.45, 2.75) is 0 Å². The van der Waals surface area contributed by atoms with Crippen molar-refractivity contribution in [2.75, 3.05) is 5.43 Å². The first-order chi connectivity index (χ1) is 6.43. The summed E-state index contributed by atoms with van der Waals surface area (Å²) in [5.41, 5.74) is 2.99. The van der Waals surface area contributed by atoms with Crippen LogP contribution in [0.1, 0.15) is 0 Å². The summed E-state index contributed by atoms with van der Waals surface area (Å²) in [6.07, 6.45) is 0. The molecule has 0 unspecified atom stereocenters. The molecule has 0 aliphatic carbocycles. The molecule has 0 bridgehead atoms. The lowest BCUT2D eigenvalue weighted by atomic mass is 10.3. The van der Waals surface area contributed by atoms with Crippen LogP contribution in [0.15, 0.2) is 35.6 Å². The molecule has 14 heavy (non-hydrogen) atoms. The third-order valence-corrected chi connectivity index (χ3v) is 0.949. The Morgan fingerprint density at radius 1 is 1.14 bits per heavy atom. The Labute approximate surface area is 80.3 Å². The molecule has 3 N–H and O–H groups in total. The second kappa shape index (κ2) is 6.02. The molecule has 0 spiro atoms. The lowest BCUT2D eigenvalue weighted by molar-refractivity contribution is 0.381. The zero-order chi connectivity index (χ0) is 11.0. The number of hydrogen-bond donors (Lipinski definition) is 3. The maximum atomic E-state index is 9.61. The van der Waals surface area contributed by atoms with Gasteiger partial charge in [-0.25, -0.2) is 5.43 Å². The summed E-state index contributed by atoms with van der Waals surface area (Å²) in [5.74, 6) is 0. The second-order valence-corrected chi connectivity index (χ2v) is 2.91. The number of hydrogen-bond acceptors (Lipinski definition) is 4. The van der Waals surface area contributed by atoms with E-state index in [1.165, 1.54) is 0 Å². The largest absolute Gasteiger partial charge is 0.394 e. The number of nitroso groups, excluding NO2 is 1. The molecule has 0 radical (unpaired) electrons. The topological polar surface area (TPSA) is 116 Å². The molecule has 0 aliphatic rings. The number of anilines is 1. The first kappa shape index (κ1) is 12.5. The van der Waals surface area contributed by atoms with E-state index in [-0.39, 0.29) is 0 Å². The lowest BCUT2D eigenvalue weighted by Gasteiger charge is -1.91. The molecule has 7 nitrogen and oxygen atoms in total. The van der Waals surface area contributed by atoms with Gasteiger partial charge in [0.15, 0.2) is 0 Å². The average Bonchev–Trinajstić information content (AvgIpc) is 2.03. The van der Waals surface area contributed by atoms with Crippen LogP contribution in [0.3, 0.4) is 0 Å². The van der Waals surface area contributed by atoms with Crippen molar-refractivity contribution in [2.24, 2.45) is 5.29 Å². The number of nitrogens with zero attached hydrogens (tertiary/aromatic N) is 1. The molecule has 0 fully saturated rings. The van der Waals surface area contributed by atoms with Gasteiger partial charge in [0, 0.05) is 0 Å². The van der Waals surface area contributed by atoms with Crippen LogP contribution < -0.4 is 5.43 Å². The molecule has 0 amide bonds. The van der Waals surface area contributed by atoms with Crippen molar-refractivity contribution in [3.8, 4) is 0 Å². The highest BCUT2D eigenvalue weighted by Gasteiger charge is 1.84. The predicted octanol–water partition coefficient (Wildman–Crippen LogP) is 1.13. The average molecular weight is 220 g/mol. The van der Waals surface area contributed by atoms with E-state index in [0.717, 1.165) is 0 Å². The SMILES string of the molecule is O=NNc1ccccc1.O=S(=O)(O)O. The first-order valence-corrected chi connectivity index (χ1v) is 4.66. The highest BCUT2D eigenvalue weighted by molar-refractivity contribution is 7.79. The van der Waals surface area contributed by atoms with Gasteiger partial charge in [0.05, 0.1) is 11.0 Å². The summed E-state index contributed by atoms with van der Waals surface area (Å²) in [5, 5.41) is 2.51. The number of nitrogens with one attached hydrogen (secondary N) is 1. The van der Waals surface area contributed by atoms with Gasteiger partial charge in [-0.3, -0.25) is 9.11 Å². The third-order valence-electron chi connectivity index (χ3n) is 0.949. The van der Waals surface area contributed by atoms with E-state index in [0.29, 0.717) is 5.69 Å². The zero-order valence-electron chi connectivity index (χ0n) is 6.86. The van der Waals surface area contributed by atoms with Gasteiger partial charge in [-0.2, -0.15) is 8.42 Å². The van der Waals surface area contributed by atoms with Gasteiger partial charge in [0.2, 0.25) is 0 Å². The fourth-order valence-electron chi connectivity index (χ4n) is 0.565. The summed E-state index contributed by atoms with van der Waals surface area (Å²) in [7, 11) is -4.67. The predicted molar refractivity (Wildman–Crippen MR) is 50.0 cm³/mol. The second-order valence-electron chi connectivity index (χ2n) is 2.02. The minimum absolute atomic E-state index is 0.715. The minimum Gasteiger partial charge on any atom is -0.264 e. The van der Waals surface area contributed by atoms with Crippen molar-refractivity contribution < 1.29 is 17.5 Å². The van der Waals surface area contributed by atoms with E-state index in [9.17, 15) is 4.91 Å². The molecule has 0 heterocycles. The van der Waals surface area contributed by atoms with Crippen molar-refractivity contribution in [1.82, 2.24) is 0 Å². The zero-order valence-corrected chi connectivity index (χ0v) is 7.68. The monoisotopic (exact) mass is 220 g/mol. The molecule has 1 rings (SSSR count). The van der Waals surface area contributed by atoms with Crippen molar-refractivity contribution in [3.63, 3.8) is 0 Å². The smallest absolute Gasteiger partial charge is 0.264 e. The van der Waals surface area contributed by atoms with Crippen molar-refractivity contribution >= 4 is 16.1 Å². The first-order valence-electron chi connectivity index (χ1n) is 3.27. The van der Waals surface area contributed by atoms with Crippen LogP contribution >= 0.6 is 0 Å². The quantitative estimate of drug-likeness (QED) is 0.390. The maximum Gasteiger partial charge on any atom is 0.394 e. The van der Waals surface area contributed by atoms with E-state index in [4.69, 9.17) is 17.5 Å². The van der Waals surface area contributed by atoms with Gasteiger partial charge >= 0.3 is 10.4 Å². The molecule has 78 valence electrons. The Hall–Kier alpha value is -1.51. The molecule has 0 aromatic heterocycles. The number of para-hydroxylation sites is 1. The van der Waals surface area contributed by atoms with E-state index >= 15 is 0 Å². The Kier molecular flexibility index (Phi) is 5.37. The van der Waals surface area contributed by atoms with Gasteiger partial charge in [-0.1, -0.05) is 18.2 Å². The van der Waals surface area contributed by atoms with Crippen molar-refractivity contribution in [1.29, 1.82) is 0 Å². The molecular weight excluding hydrogens is 212 g/mol. The molecule has 0 saturated heterocycles.